The monoisotopic (exact) mass is 294 g/mol. The molecule has 20 heavy (non-hydrogen) atoms. The summed E-state index contributed by atoms with van der Waals surface area (Å²) < 4.78 is 17.8. The first-order valence-corrected chi connectivity index (χ1v) is 7.05. The molecule has 1 N–H and O–H groups in total. The third kappa shape index (κ3) is 2.82. The van der Waals surface area contributed by atoms with Crippen LogP contribution in [0.1, 0.15) is 24.1 Å². The lowest BCUT2D eigenvalue weighted by Gasteiger charge is -1.97. The molecule has 0 radical (unpaired) electrons. The minimum atomic E-state index is -0.824. The quantitative estimate of drug-likeness (QED) is 0.854. The van der Waals surface area contributed by atoms with Crippen LogP contribution in [0.4, 0.5) is 4.39 Å². The SMILES string of the molecule is O=C(O)C1CC1c1nc(CSc2ccc(F)cc2)no1. The van der Waals surface area contributed by atoms with E-state index in [0.717, 1.165) is 4.90 Å². The molecule has 1 aliphatic carbocycles. The van der Waals surface area contributed by atoms with Gasteiger partial charge in [0.2, 0.25) is 5.89 Å². The molecule has 1 aromatic heterocycles. The normalized spacial score (nSPS) is 20.9. The maximum Gasteiger partial charge on any atom is 0.307 e. The van der Waals surface area contributed by atoms with Crippen molar-refractivity contribution in [1.82, 2.24) is 10.1 Å². The Kier molecular flexibility index (Phi) is 3.43. The van der Waals surface area contributed by atoms with Crippen molar-refractivity contribution in [2.75, 3.05) is 0 Å². The van der Waals surface area contributed by atoms with E-state index in [2.05, 4.69) is 10.1 Å². The fourth-order valence-corrected chi connectivity index (χ4v) is 2.64. The summed E-state index contributed by atoms with van der Waals surface area (Å²) in [6.45, 7) is 0. The summed E-state index contributed by atoms with van der Waals surface area (Å²) in [4.78, 5) is 15.9. The van der Waals surface area contributed by atoms with Crippen LogP contribution in [-0.4, -0.2) is 21.2 Å². The lowest BCUT2D eigenvalue weighted by atomic mass is 10.3. The molecular weight excluding hydrogens is 283 g/mol. The van der Waals surface area contributed by atoms with Gasteiger partial charge in [-0.2, -0.15) is 4.98 Å². The van der Waals surface area contributed by atoms with E-state index < -0.39 is 11.9 Å². The Labute approximate surface area is 118 Å². The van der Waals surface area contributed by atoms with Crippen molar-refractivity contribution in [2.45, 2.75) is 23.0 Å². The predicted molar refractivity (Wildman–Crippen MR) is 68.7 cm³/mol. The Hall–Kier alpha value is -1.89. The highest BCUT2D eigenvalue weighted by Gasteiger charge is 2.48. The highest BCUT2D eigenvalue weighted by molar-refractivity contribution is 7.98. The Morgan fingerprint density at radius 2 is 2.20 bits per heavy atom. The second-order valence-electron chi connectivity index (χ2n) is 4.58. The van der Waals surface area contributed by atoms with Gasteiger partial charge >= 0.3 is 5.97 Å². The van der Waals surface area contributed by atoms with Crippen LogP contribution < -0.4 is 0 Å². The molecule has 0 bridgehead atoms. The van der Waals surface area contributed by atoms with Gasteiger partial charge in [0.05, 0.1) is 17.6 Å². The lowest BCUT2D eigenvalue weighted by molar-refractivity contribution is -0.138. The molecule has 1 fully saturated rings. The number of carboxylic acids is 1. The molecule has 0 amide bonds. The number of carboxylic acid groups (broad SMARTS) is 1. The maximum atomic E-state index is 12.8. The highest BCUT2D eigenvalue weighted by atomic mass is 32.2. The van der Waals surface area contributed by atoms with E-state index in [4.69, 9.17) is 9.63 Å². The molecule has 0 spiro atoms. The van der Waals surface area contributed by atoms with Crippen LogP contribution in [0.3, 0.4) is 0 Å². The van der Waals surface area contributed by atoms with Crippen LogP contribution in [0.15, 0.2) is 33.7 Å². The lowest BCUT2D eigenvalue weighted by Crippen LogP contribution is -1.99. The van der Waals surface area contributed by atoms with Gasteiger partial charge in [0.25, 0.3) is 0 Å². The number of aliphatic carboxylic acids is 1. The number of thioether (sulfide) groups is 1. The third-order valence-corrected chi connectivity index (χ3v) is 4.10. The van der Waals surface area contributed by atoms with Crippen molar-refractivity contribution in [3.8, 4) is 0 Å². The first-order chi connectivity index (χ1) is 9.63. The van der Waals surface area contributed by atoms with Crippen LogP contribution in [0, 0.1) is 11.7 Å². The van der Waals surface area contributed by atoms with Gasteiger partial charge in [0.15, 0.2) is 5.82 Å². The summed E-state index contributed by atoms with van der Waals surface area (Å²) in [5, 5.41) is 12.7. The van der Waals surface area contributed by atoms with Crippen molar-refractivity contribution in [1.29, 1.82) is 0 Å². The minimum Gasteiger partial charge on any atom is -0.481 e. The molecular formula is C13H11FN2O3S. The van der Waals surface area contributed by atoms with Gasteiger partial charge < -0.3 is 9.63 Å². The third-order valence-electron chi connectivity index (χ3n) is 3.09. The Balaban J connectivity index is 1.58. The summed E-state index contributed by atoms with van der Waals surface area (Å²) in [5.74, 6) is -0.227. The number of nitrogens with zero attached hydrogens (tertiary/aromatic N) is 2. The topological polar surface area (TPSA) is 76.2 Å². The summed E-state index contributed by atoms with van der Waals surface area (Å²) in [6.07, 6.45) is 0.558. The summed E-state index contributed by atoms with van der Waals surface area (Å²) in [6, 6.07) is 6.15. The minimum absolute atomic E-state index is 0.149. The molecule has 2 aromatic rings. The predicted octanol–water partition coefficient (Wildman–Crippen LogP) is 2.69. The van der Waals surface area contributed by atoms with Crippen LogP contribution >= 0.6 is 11.8 Å². The fraction of sp³-hybridized carbons (Fsp3) is 0.308. The first-order valence-electron chi connectivity index (χ1n) is 6.07. The Morgan fingerprint density at radius 3 is 2.85 bits per heavy atom. The van der Waals surface area contributed by atoms with E-state index in [9.17, 15) is 9.18 Å². The number of carbonyl (C=O) groups is 1. The van der Waals surface area contributed by atoms with Crippen molar-refractivity contribution in [2.24, 2.45) is 5.92 Å². The highest BCUT2D eigenvalue weighted by Crippen LogP contribution is 2.46. The van der Waals surface area contributed by atoms with Gasteiger partial charge in [-0.15, -0.1) is 11.8 Å². The zero-order valence-corrected chi connectivity index (χ0v) is 11.1. The number of halogens is 1. The van der Waals surface area contributed by atoms with E-state index in [-0.39, 0.29) is 11.7 Å². The molecule has 2 atom stereocenters. The molecule has 0 saturated heterocycles. The van der Waals surface area contributed by atoms with E-state index in [1.54, 1.807) is 12.1 Å². The van der Waals surface area contributed by atoms with Crippen molar-refractivity contribution < 1.29 is 18.8 Å². The van der Waals surface area contributed by atoms with E-state index >= 15 is 0 Å². The van der Waals surface area contributed by atoms with Gasteiger partial charge in [0, 0.05) is 4.90 Å². The van der Waals surface area contributed by atoms with Crippen LogP contribution in [0.2, 0.25) is 0 Å². The van der Waals surface area contributed by atoms with E-state index in [0.29, 0.717) is 23.9 Å². The summed E-state index contributed by atoms with van der Waals surface area (Å²) >= 11 is 1.47. The zero-order chi connectivity index (χ0) is 14.1. The zero-order valence-electron chi connectivity index (χ0n) is 10.3. The number of hydrogen-bond acceptors (Lipinski definition) is 5. The molecule has 7 heteroatoms. The van der Waals surface area contributed by atoms with Crippen LogP contribution in [-0.2, 0) is 10.5 Å². The van der Waals surface area contributed by atoms with Gasteiger partial charge in [0.1, 0.15) is 5.82 Å². The average molecular weight is 294 g/mol. The van der Waals surface area contributed by atoms with Crippen LogP contribution in [0.25, 0.3) is 0 Å². The molecule has 1 aromatic carbocycles. The first kappa shape index (κ1) is 13.1. The molecule has 3 rings (SSSR count). The van der Waals surface area contributed by atoms with Gasteiger partial charge in [-0.3, -0.25) is 4.79 Å². The second-order valence-corrected chi connectivity index (χ2v) is 5.63. The summed E-state index contributed by atoms with van der Waals surface area (Å²) in [5.41, 5.74) is 0. The number of aromatic nitrogens is 2. The molecule has 104 valence electrons. The second kappa shape index (κ2) is 5.24. The van der Waals surface area contributed by atoms with Gasteiger partial charge in [-0.05, 0) is 30.7 Å². The largest absolute Gasteiger partial charge is 0.481 e. The van der Waals surface area contributed by atoms with Crippen molar-refractivity contribution >= 4 is 17.7 Å². The smallest absolute Gasteiger partial charge is 0.307 e. The molecule has 5 nitrogen and oxygen atoms in total. The standard InChI is InChI=1S/C13H11FN2O3S/c14-7-1-3-8(4-2-7)20-6-11-15-12(19-16-11)9-5-10(9)13(17)18/h1-4,9-10H,5-6H2,(H,17,18). The van der Waals surface area contributed by atoms with Crippen LogP contribution in [0.5, 0.6) is 0 Å². The van der Waals surface area contributed by atoms with E-state index in [1.807, 2.05) is 0 Å². The molecule has 1 heterocycles. The van der Waals surface area contributed by atoms with Crippen molar-refractivity contribution in [3.63, 3.8) is 0 Å². The molecule has 1 aliphatic rings. The average Bonchev–Trinajstić information content (AvgIpc) is 3.11. The number of benzene rings is 1. The summed E-state index contributed by atoms with van der Waals surface area (Å²) in [7, 11) is 0. The van der Waals surface area contributed by atoms with E-state index in [1.165, 1.54) is 23.9 Å². The molecule has 0 aliphatic heterocycles. The molecule has 2 unspecified atom stereocenters. The maximum absolute atomic E-state index is 12.8. The molecule has 1 saturated carbocycles. The van der Waals surface area contributed by atoms with Gasteiger partial charge in [-0.1, -0.05) is 5.16 Å². The number of rotatable bonds is 5. The van der Waals surface area contributed by atoms with Crippen molar-refractivity contribution in [3.05, 3.63) is 41.8 Å². The Morgan fingerprint density at radius 1 is 1.45 bits per heavy atom. The number of hydrogen-bond donors (Lipinski definition) is 1. The van der Waals surface area contributed by atoms with Gasteiger partial charge in [-0.25, -0.2) is 4.39 Å². The Bertz CT molecular complexity index is 629. The fourth-order valence-electron chi connectivity index (χ4n) is 1.90.